The first-order valence-electron chi connectivity index (χ1n) is 8.25. The molecule has 0 aliphatic carbocycles. The minimum atomic E-state index is -0.700. The number of pyridine rings is 1. The number of nitrogens with zero attached hydrogens (tertiary/aromatic N) is 2. The summed E-state index contributed by atoms with van der Waals surface area (Å²) in [5, 5.41) is 2.75. The zero-order valence-corrected chi connectivity index (χ0v) is 14.6. The fourth-order valence-corrected chi connectivity index (χ4v) is 2.68. The minimum absolute atomic E-state index is 0.126. The quantitative estimate of drug-likeness (QED) is 0.827. The molecule has 0 saturated carbocycles. The van der Waals surface area contributed by atoms with Gasteiger partial charge in [0.25, 0.3) is 5.91 Å². The van der Waals surface area contributed by atoms with Crippen LogP contribution in [0.25, 0.3) is 0 Å². The maximum atomic E-state index is 12.5. The number of nitrogens with one attached hydrogen (secondary N) is 1. The van der Waals surface area contributed by atoms with Crippen molar-refractivity contribution in [2.45, 2.75) is 26.5 Å². The van der Waals surface area contributed by atoms with E-state index in [4.69, 9.17) is 4.74 Å². The van der Waals surface area contributed by atoms with Gasteiger partial charge >= 0.3 is 0 Å². The lowest BCUT2D eigenvalue weighted by Gasteiger charge is -2.32. The molecule has 1 aliphatic rings. The maximum absolute atomic E-state index is 12.5. The second kappa shape index (κ2) is 7.35. The van der Waals surface area contributed by atoms with Gasteiger partial charge in [-0.25, -0.2) is 0 Å². The van der Waals surface area contributed by atoms with Crippen molar-refractivity contribution in [1.82, 2.24) is 10.3 Å². The third kappa shape index (κ3) is 3.72. The van der Waals surface area contributed by atoms with Gasteiger partial charge in [0.2, 0.25) is 5.91 Å². The highest BCUT2D eigenvalue weighted by Gasteiger charge is 2.33. The van der Waals surface area contributed by atoms with E-state index in [0.717, 1.165) is 5.69 Å². The van der Waals surface area contributed by atoms with Gasteiger partial charge in [0.05, 0.1) is 17.9 Å². The Bertz CT molecular complexity index is 851. The van der Waals surface area contributed by atoms with Crippen molar-refractivity contribution in [3.8, 4) is 5.75 Å². The predicted molar refractivity (Wildman–Crippen MR) is 95.0 cm³/mol. The molecule has 1 aliphatic heterocycles. The first-order valence-corrected chi connectivity index (χ1v) is 8.25. The molecule has 7 nitrogen and oxygen atoms in total. The molecule has 0 spiro atoms. The number of carbonyl (C=O) groups excluding carboxylic acids is 3. The summed E-state index contributed by atoms with van der Waals surface area (Å²) in [4.78, 5) is 42.0. The molecule has 0 bridgehead atoms. The molecular weight excluding hydrogens is 334 g/mol. The molecule has 1 aromatic carbocycles. The van der Waals surface area contributed by atoms with Crippen molar-refractivity contribution in [2.24, 2.45) is 0 Å². The molecule has 7 heteroatoms. The van der Waals surface area contributed by atoms with Gasteiger partial charge in [-0.3, -0.25) is 24.3 Å². The van der Waals surface area contributed by atoms with Crippen molar-refractivity contribution < 1.29 is 19.1 Å². The highest BCUT2D eigenvalue weighted by atomic mass is 16.5. The van der Waals surface area contributed by atoms with Crippen molar-refractivity contribution >= 4 is 23.3 Å². The van der Waals surface area contributed by atoms with Crippen LogP contribution in [-0.2, 0) is 16.1 Å². The van der Waals surface area contributed by atoms with Gasteiger partial charge in [0, 0.05) is 11.8 Å². The van der Waals surface area contributed by atoms with Crippen LogP contribution >= 0.6 is 0 Å². The Hall–Kier alpha value is -3.22. The van der Waals surface area contributed by atoms with Crippen LogP contribution in [0.4, 0.5) is 5.69 Å². The number of benzene rings is 1. The zero-order valence-electron chi connectivity index (χ0n) is 14.6. The Morgan fingerprint density at radius 1 is 1.27 bits per heavy atom. The molecule has 134 valence electrons. The lowest BCUT2D eigenvalue weighted by atomic mass is 10.1. The largest absolute Gasteiger partial charge is 0.479 e. The van der Waals surface area contributed by atoms with Gasteiger partial charge in [-0.15, -0.1) is 0 Å². The topological polar surface area (TPSA) is 88.6 Å². The van der Waals surface area contributed by atoms with Gasteiger partial charge in [-0.1, -0.05) is 6.07 Å². The number of aromatic nitrogens is 1. The summed E-state index contributed by atoms with van der Waals surface area (Å²) in [7, 11) is 0. The predicted octanol–water partition coefficient (Wildman–Crippen LogP) is 1.71. The number of carbonyl (C=O) groups is 3. The van der Waals surface area contributed by atoms with Crippen LogP contribution in [0.1, 0.15) is 29.9 Å². The van der Waals surface area contributed by atoms with Crippen LogP contribution < -0.4 is 15.0 Å². The van der Waals surface area contributed by atoms with Gasteiger partial charge in [0.15, 0.2) is 11.9 Å². The van der Waals surface area contributed by atoms with Gasteiger partial charge in [-0.05, 0) is 44.2 Å². The van der Waals surface area contributed by atoms with E-state index in [1.807, 2.05) is 6.07 Å². The molecule has 1 unspecified atom stereocenters. The average Bonchev–Trinajstić information content (AvgIpc) is 2.64. The second-order valence-corrected chi connectivity index (χ2v) is 6.02. The first-order chi connectivity index (χ1) is 12.5. The molecule has 1 N–H and O–H groups in total. The molecule has 0 saturated heterocycles. The Balaban J connectivity index is 1.77. The van der Waals surface area contributed by atoms with Crippen LogP contribution in [0.15, 0.2) is 42.6 Å². The number of ether oxygens (including phenoxy) is 1. The van der Waals surface area contributed by atoms with E-state index < -0.39 is 6.10 Å². The highest BCUT2D eigenvalue weighted by molar-refractivity contribution is 6.05. The number of hydrogen-bond donors (Lipinski definition) is 1. The Labute approximate surface area is 151 Å². The number of fused-ring (bicyclic) bond motifs is 1. The molecule has 2 amide bonds. The van der Waals surface area contributed by atoms with Gasteiger partial charge in [0.1, 0.15) is 12.3 Å². The summed E-state index contributed by atoms with van der Waals surface area (Å²) in [6, 6.07) is 10.3. The van der Waals surface area contributed by atoms with Crippen LogP contribution in [0.3, 0.4) is 0 Å². The second-order valence-electron chi connectivity index (χ2n) is 6.02. The zero-order chi connectivity index (χ0) is 18.7. The summed E-state index contributed by atoms with van der Waals surface area (Å²) in [5.41, 5.74) is 1.60. The smallest absolute Gasteiger partial charge is 0.268 e. The van der Waals surface area contributed by atoms with E-state index in [-0.39, 0.29) is 30.7 Å². The van der Waals surface area contributed by atoms with Crippen molar-refractivity contribution in [3.05, 3.63) is 53.9 Å². The summed E-state index contributed by atoms with van der Waals surface area (Å²) >= 11 is 0. The fraction of sp³-hybridized carbons (Fsp3) is 0.263. The van der Waals surface area contributed by atoms with Gasteiger partial charge in [-0.2, -0.15) is 0 Å². The third-order valence-electron chi connectivity index (χ3n) is 4.07. The third-order valence-corrected chi connectivity index (χ3v) is 4.07. The highest BCUT2D eigenvalue weighted by Crippen LogP contribution is 2.34. The number of rotatable bonds is 5. The van der Waals surface area contributed by atoms with E-state index in [1.165, 1.54) is 11.8 Å². The number of hydrogen-bond acceptors (Lipinski definition) is 5. The SMILES string of the molecule is CC(=O)c1ccc2c(c1)N(CC(=O)NCc1ccccn1)C(=O)C(C)O2. The lowest BCUT2D eigenvalue weighted by molar-refractivity contribution is -0.128. The summed E-state index contributed by atoms with van der Waals surface area (Å²) < 4.78 is 5.58. The van der Waals surface area contributed by atoms with Gasteiger partial charge < -0.3 is 10.1 Å². The lowest BCUT2D eigenvalue weighted by Crippen LogP contribution is -2.48. The molecule has 0 fully saturated rings. The van der Waals surface area contributed by atoms with Crippen LogP contribution in [0, 0.1) is 0 Å². The minimum Gasteiger partial charge on any atom is -0.479 e. The molecule has 2 aromatic rings. The van der Waals surface area contributed by atoms with Crippen LogP contribution in [0.5, 0.6) is 5.75 Å². The molecule has 2 heterocycles. The van der Waals surface area contributed by atoms with Crippen molar-refractivity contribution in [1.29, 1.82) is 0 Å². The standard InChI is InChI=1S/C19H19N3O4/c1-12(23)14-6-7-17-16(9-14)22(19(25)13(2)26-17)11-18(24)21-10-15-5-3-4-8-20-15/h3-9,13H,10-11H2,1-2H3,(H,21,24). The normalized spacial score (nSPS) is 15.8. The Kier molecular flexibility index (Phi) is 4.97. The van der Waals surface area contributed by atoms with Crippen LogP contribution in [-0.4, -0.2) is 35.2 Å². The fourth-order valence-electron chi connectivity index (χ4n) is 2.68. The van der Waals surface area contributed by atoms with Crippen molar-refractivity contribution in [2.75, 3.05) is 11.4 Å². The monoisotopic (exact) mass is 353 g/mol. The number of anilines is 1. The van der Waals surface area contributed by atoms with E-state index >= 15 is 0 Å². The molecule has 1 aromatic heterocycles. The van der Waals surface area contributed by atoms with E-state index in [9.17, 15) is 14.4 Å². The molecule has 26 heavy (non-hydrogen) atoms. The molecule has 0 radical (unpaired) electrons. The van der Waals surface area contributed by atoms with E-state index in [0.29, 0.717) is 17.0 Å². The Morgan fingerprint density at radius 2 is 2.08 bits per heavy atom. The summed E-state index contributed by atoms with van der Waals surface area (Å²) in [6.07, 6.45) is 0.947. The molecule has 3 rings (SSSR count). The first kappa shape index (κ1) is 17.6. The Morgan fingerprint density at radius 3 is 2.77 bits per heavy atom. The number of Topliss-reactive ketones (excluding diaryl/α,β-unsaturated/α-hetero) is 1. The summed E-state index contributed by atoms with van der Waals surface area (Å²) in [5.74, 6) is -0.304. The molecular formula is C19H19N3O4. The maximum Gasteiger partial charge on any atom is 0.268 e. The van der Waals surface area contributed by atoms with E-state index in [2.05, 4.69) is 10.3 Å². The number of ketones is 1. The van der Waals surface area contributed by atoms with Crippen LogP contribution in [0.2, 0.25) is 0 Å². The summed E-state index contributed by atoms with van der Waals surface area (Å²) in [6.45, 7) is 3.19. The van der Waals surface area contributed by atoms with E-state index in [1.54, 1.807) is 43.5 Å². The molecule has 1 atom stereocenters. The average molecular weight is 353 g/mol. The number of amides is 2. The van der Waals surface area contributed by atoms with Crippen molar-refractivity contribution in [3.63, 3.8) is 0 Å².